The lowest BCUT2D eigenvalue weighted by Gasteiger charge is -2.05. The summed E-state index contributed by atoms with van der Waals surface area (Å²) in [5.74, 6) is 0.235. The molecular weight excluding hydrogens is 342 g/mol. The third kappa shape index (κ3) is 3.75. The third-order valence-electron chi connectivity index (χ3n) is 3.50. The van der Waals surface area contributed by atoms with Crippen LogP contribution in [0.2, 0.25) is 5.02 Å². The van der Waals surface area contributed by atoms with E-state index in [0.717, 1.165) is 33.2 Å². The lowest BCUT2D eigenvalue weighted by molar-refractivity contribution is 0.475. The molecule has 0 unspecified atom stereocenters. The van der Waals surface area contributed by atoms with Crippen LogP contribution in [0.1, 0.15) is 12.5 Å². The zero-order valence-corrected chi connectivity index (χ0v) is 14.6. The molecule has 0 spiro atoms. The standard InChI is InChI=1S/C18H16ClN3OS/c1-2-22-17(14-5-7-15(19)8-6-14)12-24-18(22)21-20-11-13-3-9-16(23)10-4-13/h3-12,23H,2H2,1H3/b20-11-,21-18+. The molecule has 0 bridgehead atoms. The molecule has 122 valence electrons. The number of nitrogens with zero attached hydrogens (tertiary/aromatic N) is 3. The van der Waals surface area contributed by atoms with E-state index in [2.05, 4.69) is 27.1 Å². The molecule has 0 saturated carbocycles. The summed E-state index contributed by atoms with van der Waals surface area (Å²) in [7, 11) is 0. The third-order valence-corrected chi connectivity index (χ3v) is 4.60. The van der Waals surface area contributed by atoms with E-state index in [4.69, 9.17) is 11.6 Å². The first kappa shape index (κ1) is 16.5. The van der Waals surface area contributed by atoms with E-state index >= 15 is 0 Å². The van der Waals surface area contributed by atoms with Gasteiger partial charge in [-0.25, -0.2) is 0 Å². The summed E-state index contributed by atoms with van der Waals surface area (Å²) in [4.78, 5) is 0.831. The van der Waals surface area contributed by atoms with Crippen molar-refractivity contribution in [1.29, 1.82) is 0 Å². The van der Waals surface area contributed by atoms with Gasteiger partial charge in [0.2, 0.25) is 4.80 Å². The molecule has 0 aliphatic rings. The van der Waals surface area contributed by atoms with Crippen LogP contribution in [0, 0.1) is 0 Å². The predicted molar refractivity (Wildman–Crippen MR) is 99.7 cm³/mol. The first-order valence-electron chi connectivity index (χ1n) is 7.47. The minimum absolute atomic E-state index is 0.235. The Bertz CT molecular complexity index is 909. The highest BCUT2D eigenvalue weighted by Gasteiger charge is 2.06. The van der Waals surface area contributed by atoms with Crippen LogP contribution in [0.5, 0.6) is 5.75 Å². The highest BCUT2D eigenvalue weighted by Crippen LogP contribution is 2.22. The summed E-state index contributed by atoms with van der Waals surface area (Å²) in [5, 5.41) is 20.6. The first-order chi connectivity index (χ1) is 11.7. The van der Waals surface area contributed by atoms with Gasteiger partial charge in [-0.3, -0.25) is 0 Å². The van der Waals surface area contributed by atoms with E-state index in [1.807, 2.05) is 24.3 Å². The molecule has 2 aromatic carbocycles. The zero-order chi connectivity index (χ0) is 16.9. The van der Waals surface area contributed by atoms with Gasteiger partial charge in [-0.2, -0.15) is 5.10 Å². The number of benzene rings is 2. The number of thiazole rings is 1. The number of aromatic hydroxyl groups is 1. The first-order valence-corrected chi connectivity index (χ1v) is 8.73. The maximum Gasteiger partial charge on any atom is 0.211 e. The molecule has 1 aromatic heterocycles. The second-order valence-corrected chi connectivity index (χ2v) is 6.36. The van der Waals surface area contributed by atoms with Crippen LogP contribution in [0.4, 0.5) is 0 Å². The molecule has 1 N–H and O–H groups in total. The molecule has 3 aromatic rings. The summed E-state index contributed by atoms with van der Waals surface area (Å²) in [6.07, 6.45) is 1.67. The van der Waals surface area contributed by atoms with Gasteiger partial charge in [-0.1, -0.05) is 23.7 Å². The highest BCUT2D eigenvalue weighted by molar-refractivity contribution is 7.07. The Morgan fingerprint density at radius 3 is 2.50 bits per heavy atom. The van der Waals surface area contributed by atoms with Crippen LogP contribution >= 0.6 is 22.9 Å². The molecule has 24 heavy (non-hydrogen) atoms. The van der Waals surface area contributed by atoms with E-state index in [1.54, 1.807) is 41.8 Å². The molecule has 0 aliphatic heterocycles. The van der Waals surface area contributed by atoms with Crippen LogP contribution in [0.3, 0.4) is 0 Å². The van der Waals surface area contributed by atoms with Crippen molar-refractivity contribution in [3.8, 4) is 17.0 Å². The molecule has 1 heterocycles. The lowest BCUT2D eigenvalue weighted by atomic mass is 10.2. The number of hydrogen-bond acceptors (Lipinski definition) is 4. The van der Waals surface area contributed by atoms with Crippen LogP contribution in [0.25, 0.3) is 11.3 Å². The van der Waals surface area contributed by atoms with Crippen molar-refractivity contribution in [2.45, 2.75) is 13.5 Å². The molecule has 0 atom stereocenters. The molecule has 0 amide bonds. The highest BCUT2D eigenvalue weighted by atomic mass is 35.5. The number of phenols is 1. The number of phenolic OH excluding ortho intramolecular Hbond substituents is 1. The fraction of sp³-hybridized carbons (Fsp3) is 0.111. The Labute approximate surface area is 149 Å². The molecule has 6 heteroatoms. The van der Waals surface area contributed by atoms with Crippen molar-refractivity contribution in [2.24, 2.45) is 10.2 Å². The van der Waals surface area contributed by atoms with Crippen molar-refractivity contribution in [3.63, 3.8) is 0 Å². The normalized spacial score (nSPS) is 12.2. The average molecular weight is 358 g/mol. The second-order valence-electron chi connectivity index (χ2n) is 5.09. The van der Waals surface area contributed by atoms with Gasteiger partial charge in [0.05, 0.1) is 11.9 Å². The lowest BCUT2D eigenvalue weighted by Crippen LogP contribution is -2.14. The Morgan fingerprint density at radius 2 is 1.83 bits per heavy atom. The fourth-order valence-electron chi connectivity index (χ4n) is 2.27. The fourth-order valence-corrected chi connectivity index (χ4v) is 3.33. The Kier molecular flexibility index (Phi) is 5.13. The maximum absolute atomic E-state index is 9.28. The van der Waals surface area contributed by atoms with E-state index in [0.29, 0.717) is 0 Å². The predicted octanol–water partition coefficient (Wildman–Crippen LogP) is 4.53. The summed E-state index contributed by atoms with van der Waals surface area (Å²) < 4.78 is 2.11. The van der Waals surface area contributed by atoms with Crippen LogP contribution in [-0.4, -0.2) is 15.9 Å². The summed E-state index contributed by atoms with van der Waals surface area (Å²) in [5.41, 5.74) is 3.08. The molecule has 0 radical (unpaired) electrons. The van der Waals surface area contributed by atoms with Crippen LogP contribution < -0.4 is 4.80 Å². The second kappa shape index (κ2) is 7.47. The van der Waals surface area contributed by atoms with Gasteiger partial charge in [0.1, 0.15) is 5.75 Å². The summed E-state index contributed by atoms with van der Waals surface area (Å²) in [6, 6.07) is 14.6. The number of halogens is 1. The Balaban J connectivity index is 1.91. The topological polar surface area (TPSA) is 49.9 Å². The van der Waals surface area contributed by atoms with E-state index in [1.165, 1.54) is 0 Å². The van der Waals surface area contributed by atoms with Gasteiger partial charge in [0.15, 0.2) is 0 Å². The molecular formula is C18H16ClN3OS. The van der Waals surface area contributed by atoms with Crippen LogP contribution in [-0.2, 0) is 6.54 Å². The molecule has 4 nitrogen and oxygen atoms in total. The van der Waals surface area contributed by atoms with Gasteiger partial charge < -0.3 is 9.67 Å². The van der Waals surface area contributed by atoms with Gasteiger partial charge in [0, 0.05) is 16.9 Å². The number of rotatable bonds is 4. The van der Waals surface area contributed by atoms with Crippen molar-refractivity contribution in [1.82, 2.24) is 4.57 Å². The van der Waals surface area contributed by atoms with E-state index in [-0.39, 0.29) is 5.75 Å². The van der Waals surface area contributed by atoms with E-state index in [9.17, 15) is 5.11 Å². The molecule has 0 aliphatic carbocycles. The van der Waals surface area contributed by atoms with Crippen molar-refractivity contribution < 1.29 is 5.11 Å². The Hall–Kier alpha value is -2.37. The SMILES string of the molecule is CCn1c(-c2ccc(Cl)cc2)cs/c1=N/N=C\c1ccc(O)cc1. The summed E-state index contributed by atoms with van der Waals surface area (Å²) in [6.45, 7) is 2.88. The quantitative estimate of drug-likeness (QED) is 0.541. The largest absolute Gasteiger partial charge is 0.508 e. The van der Waals surface area contributed by atoms with Gasteiger partial charge in [-0.05, 0) is 54.4 Å². The molecule has 3 rings (SSSR count). The van der Waals surface area contributed by atoms with Crippen molar-refractivity contribution in [3.05, 3.63) is 69.3 Å². The van der Waals surface area contributed by atoms with Crippen molar-refractivity contribution in [2.75, 3.05) is 0 Å². The van der Waals surface area contributed by atoms with E-state index < -0.39 is 0 Å². The average Bonchev–Trinajstić information content (AvgIpc) is 3.00. The van der Waals surface area contributed by atoms with Crippen molar-refractivity contribution >= 4 is 29.2 Å². The maximum atomic E-state index is 9.28. The molecule has 0 fully saturated rings. The smallest absolute Gasteiger partial charge is 0.211 e. The minimum Gasteiger partial charge on any atom is -0.508 e. The number of aromatic nitrogens is 1. The zero-order valence-electron chi connectivity index (χ0n) is 13.1. The van der Waals surface area contributed by atoms with Gasteiger partial charge in [-0.15, -0.1) is 16.4 Å². The summed E-state index contributed by atoms with van der Waals surface area (Å²) >= 11 is 7.50. The van der Waals surface area contributed by atoms with Crippen LogP contribution in [0.15, 0.2) is 64.1 Å². The Morgan fingerprint density at radius 1 is 1.12 bits per heavy atom. The number of hydrogen-bond donors (Lipinski definition) is 1. The monoisotopic (exact) mass is 357 g/mol. The minimum atomic E-state index is 0.235. The van der Waals surface area contributed by atoms with Gasteiger partial charge in [0.25, 0.3) is 0 Å². The molecule has 0 saturated heterocycles. The van der Waals surface area contributed by atoms with Gasteiger partial charge >= 0.3 is 0 Å².